The fourth-order valence-corrected chi connectivity index (χ4v) is 4.51. The van der Waals surface area contributed by atoms with Crippen LogP contribution in [0.25, 0.3) is 0 Å². The minimum Gasteiger partial charge on any atom is -0.433 e. The first kappa shape index (κ1) is 12.2. The van der Waals surface area contributed by atoms with Gasteiger partial charge < -0.3 is 9.84 Å². The second-order valence-corrected chi connectivity index (χ2v) is 6.79. The quantitative estimate of drug-likeness (QED) is 0.531. The second kappa shape index (κ2) is 3.60. The molecule has 5 atom stereocenters. The van der Waals surface area contributed by atoms with Gasteiger partial charge in [0, 0.05) is 12.3 Å². The molecule has 3 fully saturated rings. The van der Waals surface area contributed by atoms with Crippen molar-refractivity contribution in [2.75, 3.05) is 0 Å². The maximum Gasteiger partial charge on any atom is 0.311 e. The normalized spacial score (nSPS) is 51.6. The minimum atomic E-state index is -1.22. The minimum absolute atomic E-state index is 0.0466. The number of esters is 1. The first-order chi connectivity index (χ1) is 8.36. The average molecular weight is 250 g/mol. The summed E-state index contributed by atoms with van der Waals surface area (Å²) in [5.41, 5.74) is 1.35. The molecule has 3 aliphatic rings. The highest BCUT2D eigenvalue weighted by atomic mass is 16.7. The molecule has 18 heavy (non-hydrogen) atoms. The van der Waals surface area contributed by atoms with E-state index in [1.54, 1.807) is 0 Å². The molecule has 1 heterocycles. The summed E-state index contributed by atoms with van der Waals surface area (Å²) in [6, 6.07) is 0. The molecule has 3 heteroatoms. The summed E-state index contributed by atoms with van der Waals surface area (Å²) in [5, 5.41) is 10.7. The van der Waals surface area contributed by atoms with Crippen molar-refractivity contribution in [1.82, 2.24) is 0 Å². The largest absolute Gasteiger partial charge is 0.433 e. The Balaban J connectivity index is 1.96. The molecular formula is C15H22O3. The lowest BCUT2D eigenvalue weighted by Crippen LogP contribution is -2.51. The molecule has 3 rings (SSSR count). The van der Waals surface area contributed by atoms with E-state index in [1.165, 1.54) is 5.57 Å². The van der Waals surface area contributed by atoms with Crippen molar-refractivity contribution in [3.05, 3.63) is 12.2 Å². The van der Waals surface area contributed by atoms with Gasteiger partial charge in [0.25, 0.3) is 0 Å². The van der Waals surface area contributed by atoms with E-state index in [2.05, 4.69) is 13.5 Å². The van der Waals surface area contributed by atoms with Crippen molar-refractivity contribution in [3.63, 3.8) is 0 Å². The molecule has 2 saturated carbocycles. The van der Waals surface area contributed by atoms with Crippen LogP contribution in [-0.2, 0) is 9.53 Å². The summed E-state index contributed by atoms with van der Waals surface area (Å²) in [4.78, 5) is 11.7. The Morgan fingerprint density at radius 3 is 2.94 bits per heavy atom. The van der Waals surface area contributed by atoms with Gasteiger partial charge in [-0.2, -0.15) is 0 Å². The lowest BCUT2D eigenvalue weighted by atomic mass is 9.54. The molecule has 100 valence electrons. The van der Waals surface area contributed by atoms with Crippen LogP contribution in [0.3, 0.4) is 0 Å². The van der Waals surface area contributed by atoms with Gasteiger partial charge in [0.15, 0.2) is 0 Å². The SMILES string of the molecule is C=C1CCCC2(C)CC3(O)OC(=O)C(C)C3CC12. The van der Waals surface area contributed by atoms with Crippen LogP contribution in [0.1, 0.15) is 46.0 Å². The third kappa shape index (κ3) is 1.49. The van der Waals surface area contributed by atoms with E-state index >= 15 is 0 Å². The van der Waals surface area contributed by atoms with Crippen molar-refractivity contribution in [1.29, 1.82) is 0 Å². The Kier molecular flexibility index (Phi) is 2.44. The van der Waals surface area contributed by atoms with Crippen LogP contribution in [-0.4, -0.2) is 16.9 Å². The van der Waals surface area contributed by atoms with Crippen molar-refractivity contribution in [3.8, 4) is 0 Å². The summed E-state index contributed by atoms with van der Waals surface area (Å²) in [6.45, 7) is 8.31. The molecule has 0 spiro atoms. The molecule has 0 aromatic rings. The number of hydrogen-bond acceptors (Lipinski definition) is 3. The Labute approximate surface area is 108 Å². The first-order valence-corrected chi connectivity index (χ1v) is 6.99. The maximum absolute atomic E-state index is 11.7. The molecule has 5 unspecified atom stereocenters. The van der Waals surface area contributed by atoms with Gasteiger partial charge >= 0.3 is 5.97 Å². The number of aliphatic hydroxyl groups is 1. The number of carbonyl (C=O) groups excluding carboxylic acids is 1. The van der Waals surface area contributed by atoms with E-state index in [0.717, 1.165) is 25.7 Å². The zero-order chi connectivity index (χ0) is 13.1. The van der Waals surface area contributed by atoms with Gasteiger partial charge in [0.2, 0.25) is 5.79 Å². The van der Waals surface area contributed by atoms with Crippen LogP contribution in [0.2, 0.25) is 0 Å². The number of fused-ring (bicyclic) bond motifs is 2. The van der Waals surface area contributed by atoms with Gasteiger partial charge in [-0.05, 0) is 37.0 Å². The lowest BCUT2D eigenvalue weighted by molar-refractivity contribution is -0.237. The zero-order valence-corrected chi connectivity index (χ0v) is 11.2. The average Bonchev–Trinajstić information content (AvgIpc) is 2.46. The molecule has 3 nitrogen and oxygen atoms in total. The van der Waals surface area contributed by atoms with Gasteiger partial charge in [-0.25, -0.2) is 0 Å². The number of ether oxygens (including phenoxy) is 1. The summed E-state index contributed by atoms with van der Waals surface area (Å²) in [7, 11) is 0. The van der Waals surface area contributed by atoms with Gasteiger partial charge in [-0.15, -0.1) is 0 Å². The molecule has 2 aliphatic carbocycles. The summed E-state index contributed by atoms with van der Waals surface area (Å²) in [6.07, 6.45) is 4.74. The highest BCUT2D eigenvalue weighted by molar-refractivity contribution is 5.75. The Hall–Kier alpha value is -0.830. The maximum atomic E-state index is 11.7. The molecule has 0 bridgehead atoms. The number of carbonyl (C=O) groups is 1. The molecule has 0 radical (unpaired) electrons. The summed E-state index contributed by atoms with van der Waals surface area (Å²) < 4.78 is 5.30. The van der Waals surface area contributed by atoms with Crippen molar-refractivity contribution in [2.24, 2.45) is 23.2 Å². The first-order valence-electron chi connectivity index (χ1n) is 6.99. The van der Waals surface area contributed by atoms with Gasteiger partial charge in [-0.3, -0.25) is 4.79 Å². The molecular weight excluding hydrogens is 228 g/mol. The van der Waals surface area contributed by atoms with Crippen LogP contribution >= 0.6 is 0 Å². The van der Waals surface area contributed by atoms with Crippen LogP contribution in [0.5, 0.6) is 0 Å². The van der Waals surface area contributed by atoms with Crippen LogP contribution in [0.4, 0.5) is 0 Å². The van der Waals surface area contributed by atoms with Crippen molar-refractivity contribution < 1.29 is 14.6 Å². The third-order valence-electron chi connectivity index (χ3n) is 5.56. The van der Waals surface area contributed by atoms with Gasteiger partial charge in [-0.1, -0.05) is 26.0 Å². The van der Waals surface area contributed by atoms with E-state index in [-0.39, 0.29) is 23.2 Å². The Morgan fingerprint density at radius 1 is 1.50 bits per heavy atom. The molecule has 0 aromatic heterocycles. The second-order valence-electron chi connectivity index (χ2n) is 6.79. The lowest BCUT2D eigenvalue weighted by Gasteiger charge is -2.52. The summed E-state index contributed by atoms with van der Waals surface area (Å²) >= 11 is 0. The van der Waals surface area contributed by atoms with Crippen LogP contribution in [0, 0.1) is 23.2 Å². The molecule has 0 amide bonds. The van der Waals surface area contributed by atoms with Crippen LogP contribution < -0.4 is 0 Å². The van der Waals surface area contributed by atoms with E-state index in [9.17, 15) is 9.90 Å². The predicted octanol–water partition coefficient (Wildman–Crippen LogP) is 2.64. The highest BCUT2D eigenvalue weighted by Gasteiger charge is 2.61. The van der Waals surface area contributed by atoms with E-state index < -0.39 is 5.79 Å². The molecule has 1 aliphatic heterocycles. The van der Waals surface area contributed by atoms with Crippen molar-refractivity contribution >= 4 is 5.97 Å². The molecule has 1 N–H and O–H groups in total. The molecule has 1 saturated heterocycles. The topological polar surface area (TPSA) is 46.5 Å². The Bertz CT molecular complexity index is 414. The number of rotatable bonds is 0. The Morgan fingerprint density at radius 2 is 2.22 bits per heavy atom. The van der Waals surface area contributed by atoms with Crippen LogP contribution in [0.15, 0.2) is 12.2 Å². The molecule has 0 aromatic carbocycles. The van der Waals surface area contributed by atoms with E-state index in [1.807, 2.05) is 6.92 Å². The van der Waals surface area contributed by atoms with E-state index in [0.29, 0.717) is 12.3 Å². The van der Waals surface area contributed by atoms with Gasteiger partial charge in [0.1, 0.15) is 0 Å². The fraction of sp³-hybridized carbons (Fsp3) is 0.800. The number of hydrogen-bond donors (Lipinski definition) is 1. The van der Waals surface area contributed by atoms with Crippen molar-refractivity contribution in [2.45, 2.75) is 51.7 Å². The number of allylic oxidation sites excluding steroid dienone is 1. The monoisotopic (exact) mass is 250 g/mol. The van der Waals surface area contributed by atoms with E-state index in [4.69, 9.17) is 4.74 Å². The smallest absolute Gasteiger partial charge is 0.311 e. The standard InChI is InChI=1S/C15H22O3/c1-9-5-4-6-14(3)8-15(17)12(7-11(9)14)10(2)13(16)18-15/h10-12,17H,1,4-8H2,2-3H3. The fourth-order valence-electron chi connectivity index (χ4n) is 4.51. The summed E-state index contributed by atoms with van der Waals surface area (Å²) in [5.74, 6) is -1.27. The zero-order valence-electron chi connectivity index (χ0n) is 11.2. The predicted molar refractivity (Wildman–Crippen MR) is 67.5 cm³/mol. The highest BCUT2D eigenvalue weighted by Crippen LogP contribution is 2.59. The third-order valence-corrected chi connectivity index (χ3v) is 5.56. The van der Waals surface area contributed by atoms with Gasteiger partial charge in [0.05, 0.1) is 5.92 Å².